The molecule has 0 radical (unpaired) electrons. The number of hydroxylamine groups is 2. The third-order valence-electron chi connectivity index (χ3n) is 5.96. The topological polar surface area (TPSA) is 131 Å². The monoisotopic (exact) mass is 438 g/mol. The molecule has 1 aliphatic carbocycles. The maximum absolute atomic E-state index is 15.1. The van der Waals surface area contributed by atoms with Crippen LogP contribution in [0.3, 0.4) is 0 Å². The highest BCUT2D eigenvalue weighted by Crippen LogP contribution is 2.31. The van der Waals surface area contributed by atoms with Gasteiger partial charge >= 0.3 is 0 Å². The van der Waals surface area contributed by atoms with Crippen molar-refractivity contribution in [1.82, 2.24) is 20.5 Å². The number of halogens is 1. The molecule has 4 N–H and O–H groups in total. The van der Waals surface area contributed by atoms with E-state index in [0.717, 1.165) is 25.7 Å². The van der Waals surface area contributed by atoms with E-state index in [-0.39, 0.29) is 31.1 Å². The normalized spacial score (nSPS) is 20.0. The smallest absolute Gasteiger partial charge is 0.243 e. The average molecular weight is 439 g/mol. The number of β-amino-alcohol motifs (C(OH)–C–C–N with tert-alkyl or cyclic N) is 1. The number of aliphatic hydroxyl groups excluding tert-OH is 1. The predicted octanol–water partition coefficient (Wildman–Crippen LogP) is 1.24. The summed E-state index contributed by atoms with van der Waals surface area (Å²) in [5.74, 6) is -1.13. The van der Waals surface area contributed by atoms with Gasteiger partial charge in [0.2, 0.25) is 18.1 Å². The fraction of sp³-hybridized carbons (Fsp3) is 0.700. The molecule has 1 aromatic heterocycles. The number of hydrogen-bond acceptors (Lipinski definition) is 8. The van der Waals surface area contributed by atoms with Gasteiger partial charge in [-0.3, -0.25) is 25.6 Å². The number of aryl methyl sites for hydroxylation is 1. The van der Waals surface area contributed by atoms with Crippen molar-refractivity contribution >= 4 is 24.0 Å². The van der Waals surface area contributed by atoms with Crippen molar-refractivity contribution in [3.63, 3.8) is 0 Å². The first-order valence-corrected chi connectivity index (χ1v) is 10.9. The van der Waals surface area contributed by atoms with Gasteiger partial charge in [0.15, 0.2) is 11.6 Å². The zero-order valence-electron chi connectivity index (χ0n) is 17.8. The number of hydrogen-bond donors (Lipinski definition) is 4. The molecular formula is C20H31FN6O4. The van der Waals surface area contributed by atoms with Gasteiger partial charge in [0.1, 0.15) is 5.82 Å². The lowest BCUT2D eigenvalue weighted by Crippen LogP contribution is -2.41. The number of anilines is 2. The second-order valence-electron chi connectivity index (χ2n) is 8.29. The minimum atomic E-state index is -0.712. The summed E-state index contributed by atoms with van der Waals surface area (Å²) in [7, 11) is 0. The number of amides is 2. The van der Waals surface area contributed by atoms with Crippen molar-refractivity contribution in [3.8, 4) is 0 Å². The minimum Gasteiger partial charge on any atom is -0.391 e. The Morgan fingerprint density at radius 3 is 2.71 bits per heavy atom. The molecule has 10 nitrogen and oxygen atoms in total. The Kier molecular flexibility index (Phi) is 7.97. The second kappa shape index (κ2) is 10.7. The van der Waals surface area contributed by atoms with Gasteiger partial charge in [-0.05, 0) is 18.8 Å². The van der Waals surface area contributed by atoms with Crippen LogP contribution < -0.4 is 15.8 Å². The largest absolute Gasteiger partial charge is 0.391 e. The number of nitrogens with zero attached hydrogens (tertiary/aromatic N) is 4. The molecule has 2 fully saturated rings. The summed E-state index contributed by atoms with van der Waals surface area (Å²) < 4.78 is 15.1. The lowest BCUT2D eigenvalue weighted by Gasteiger charge is -2.23. The van der Waals surface area contributed by atoms with Crippen molar-refractivity contribution < 1.29 is 24.3 Å². The van der Waals surface area contributed by atoms with E-state index in [9.17, 15) is 19.9 Å². The van der Waals surface area contributed by atoms with Crippen LogP contribution >= 0.6 is 0 Å². The number of rotatable bonds is 10. The number of aromatic nitrogens is 2. The average Bonchev–Trinajstić information content (AvgIpc) is 3.43. The standard InChI is InChI=1S/C20H31FN6O4/c1-2-16-22-18(17(21)19(23-16)26-8-7-15(29)11-26)24-25-20(30)14(10-27(31)12-28)9-13-5-3-4-6-13/h12-15,29,31H,2-11H2,1H3,(H,25,30)(H,22,23,24)/t14-,15+/m0/s1. The Balaban J connectivity index is 1.71. The van der Waals surface area contributed by atoms with E-state index >= 15 is 4.39 Å². The van der Waals surface area contributed by atoms with E-state index in [1.807, 2.05) is 6.92 Å². The molecule has 1 aromatic rings. The van der Waals surface area contributed by atoms with E-state index in [1.54, 1.807) is 4.90 Å². The summed E-state index contributed by atoms with van der Waals surface area (Å²) in [6.45, 7) is 2.46. The third kappa shape index (κ3) is 6.01. The summed E-state index contributed by atoms with van der Waals surface area (Å²) in [6, 6.07) is 0. The number of carbonyl (C=O) groups is 2. The number of hydrazine groups is 1. The molecule has 2 aliphatic rings. The molecule has 0 spiro atoms. The third-order valence-corrected chi connectivity index (χ3v) is 5.96. The number of aliphatic hydroxyl groups is 1. The molecule has 3 rings (SSSR count). The van der Waals surface area contributed by atoms with Crippen LogP contribution in [-0.4, -0.2) is 63.4 Å². The summed E-state index contributed by atoms with van der Waals surface area (Å²) >= 11 is 0. The van der Waals surface area contributed by atoms with Crippen molar-refractivity contribution in [3.05, 3.63) is 11.6 Å². The van der Waals surface area contributed by atoms with E-state index in [0.29, 0.717) is 42.6 Å². The van der Waals surface area contributed by atoms with E-state index in [1.165, 1.54) is 0 Å². The Morgan fingerprint density at radius 1 is 1.35 bits per heavy atom. The minimum absolute atomic E-state index is 0.0881. The zero-order valence-corrected chi connectivity index (χ0v) is 17.8. The van der Waals surface area contributed by atoms with Gasteiger partial charge < -0.3 is 10.0 Å². The second-order valence-corrected chi connectivity index (χ2v) is 8.29. The van der Waals surface area contributed by atoms with Crippen molar-refractivity contribution in [2.75, 3.05) is 30.0 Å². The van der Waals surface area contributed by atoms with Crippen LogP contribution in [0.25, 0.3) is 0 Å². The van der Waals surface area contributed by atoms with Crippen LogP contribution in [-0.2, 0) is 16.0 Å². The molecule has 2 amide bonds. The Bertz CT molecular complexity index is 776. The SMILES string of the molecule is CCc1nc(NNC(=O)[C@@H](CC2CCCC2)CN(O)C=O)c(F)c(N2CC[C@@H](O)C2)n1. The fourth-order valence-corrected chi connectivity index (χ4v) is 4.27. The van der Waals surface area contributed by atoms with Crippen molar-refractivity contribution in [2.24, 2.45) is 11.8 Å². The molecule has 2 atom stereocenters. The van der Waals surface area contributed by atoms with Gasteiger partial charge in [-0.1, -0.05) is 32.6 Å². The maximum atomic E-state index is 15.1. The van der Waals surface area contributed by atoms with E-state index in [2.05, 4.69) is 20.8 Å². The lowest BCUT2D eigenvalue weighted by molar-refractivity contribution is -0.154. The Morgan fingerprint density at radius 2 is 2.10 bits per heavy atom. The quantitative estimate of drug-likeness (QED) is 0.244. The first-order chi connectivity index (χ1) is 14.9. The molecule has 1 saturated carbocycles. The molecule has 1 aliphatic heterocycles. The van der Waals surface area contributed by atoms with Crippen LogP contribution in [0.4, 0.5) is 16.0 Å². The van der Waals surface area contributed by atoms with Crippen molar-refractivity contribution in [2.45, 2.75) is 58.0 Å². The first-order valence-electron chi connectivity index (χ1n) is 10.9. The summed E-state index contributed by atoms with van der Waals surface area (Å²) in [4.78, 5) is 33.6. The number of carbonyl (C=O) groups excluding carboxylic acids is 2. The molecule has 1 saturated heterocycles. The number of nitrogens with one attached hydrogen (secondary N) is 2. The van der Waals surface area contributed by atoms with Gasteiger partial charge in [-0.25, -0.2) is 15.0 Å². The van der Waals surface area contributed by atoms with Gasteiger partial charge in [0.25, 0.3) is 0 Å². The Hall–Kier alpha value is -2.53. The highest BCUT2D eigenvalue weighted by molar-refractivity contribution is 5.80. The fourth-order valence-electron chi connectivity index (χ4n) is 4.27. The van der Waals surface area contributed by atoms with Crippen LogP contribution in [0.1, 0.15) is 51.3 Å². The molecule has 2 heterocycles. The molecule has 0 aromatic carbocycles. The molecule has 0 unspecified atom stereocenters. The highest BCUT2D eigenvalue weighted by Gasteiger charge is 2.29. The zero-order chi connectivity index (χ0) is 22.4. The van der Waals surface area contributed by atoms with Gasteiger partial charge in [0, 0.05) is 19.5 Å². The van der Waals surface area contributed by atoms with E-state index < -0.39 is 23.7 Å². The van der Waals surface area contributed by atoms with Crippen LogP contribution in [0.2, 0.25) is 0 Å². The highest BCUT2D eigenvalue weighted by atomic mass is 19.1. The first kappa shape index (κ1) is 23.1. The maximum Gasteiger partial charge on any atom is 0.243 e. The van der Waals surface area contributed by atoms with E-state index in [4.69, 9.17) is 0 Å². The molecule has 31 heavy (non-hydrogen) atoms. The summed E-state index contributed by atoms with van der Waals surface area (Å²) in [5, 5.41) is 19.8. The molecule has 172 valence electrons. The summed E-state index contributed by atoms with van der Waals surface area (Å²) in [5.41, 5.74) is 5.04. The molecular weight excluding hydrogens is 407 g/mol. The lowest BCUT2D eigenvalue weighted by atomic mass is 9.92. The molecule has 0 bridgehead atoms. The van der Waals surface area contributed by atoms with Crippen molar-refractivity contribution in [1.29, 1.82) is 0 Å². The summed E-state index contributed by atoms with van der Waals surface area (Å²) in [6.07, 6.45) is 5.48. The molecule has 11 heteroatoms. The van der Waals surface area contributed by atoms with Crippen LogP contribution in [0.5, 0.6) is 0 Å². The van der Waals surface area contributed by atoms with Gasteiger partial charge in [-0.15, -0.1) is 0 Å². The Labute approximate surface area is 180 Å². The predicted molar refractivity (Wildman–Crippen MR) is 111 cm³/mol. The van der Waals surface area contributed by atoms with Crippen LogP contribution in [0.15, 0.2) is 0 Å². The van der Waals surface area contributed by atoms with Crippen LogP contribution in [0, 0.1) is 17.7 Å². The van der Waals surface area contributed by atoms with Gasteiger partial charge in [-0.2, -0.15) is 4.39 Å². The van der Waals surface area contributed by atoms with Gasteiger partial charge in [0.05, 0.1) is 18.6 Å².